The van der Waals surface area contributed by atoms with Crippen LogP contribution in [0.5, 0.6) is 0 Å². The van der Waals surface area contributed by atoms with Gasteiger partial charge in [-0.1, -0.05) is 30.3 Å². The first kappa shape index (κ1) is 13.8. The van der Waals surface area contributed by atoms with Gasteiger partial charge in [0.15, 0.2) is 0 Å². The van der Waals surface area contributed by atoms with Crippen molar-refractivity contribution in [1.29, 1.82) is 0 Å². The molecule has 0 radical (unpaired) electrons. The summed E-state index contributed by atoms with van der Waals surface area (Å²) in [6, 6.07) is 10.9. The average Bonchev–Trinajstić information content (AvgIpc) is 3.16. The monoisotopic (exact) mass is 301 g/mol. The van der Waals surface area contributed by atoms with Gasteiger partial charge in [0, 0.05) is 12.1 Å². The summed E-state index contributed by atoms with van der Waals surface area (Å²) in [5.41, 5.74) is 1.86. The van der Waals surface area contributed by atoms with Gasteiger partial charge in [-0.2, -0.15) is 0 Å². The molecule has 1 aliphatic heterocycles. The van der Waals surface area contributed by atoms with Gasteiger partial charge in [0.05, 0.1) is 4.88 Å². The van der Waals surface area contributed by atoms with Crippen LogP contribution in [0.1, 0.15) is 22.5 Å². The zero-order valence-corrected chi connectivity index (χ0v) is 12.2. The second kappa shape index (κ2) is 5.69. The molecule has 0 saturated carbocycles. The number of thiophene rings is 1. The maximum absolute atomic E-state index is 12.7. The molecule has 1 aliphatic rings. The molecule has 21 heavy (non-hydrogen) atoms. The summed E-state index contributed by atoms with van der Waals surface area (Å²) < 4.78 is 0. The van der Waals surface area contributed by atoms with E-state index in [4.69, 9.17) is 0 Å². The lowest BCUT2D eigenvalue weighted by molar-refractivity contribution is -0.141. The van der Waals surface area contributed by atoms with Crippen LogP contribution < -0.4 is 0 Å². The van der Waals surface area contributed by atoms with Crippen molar-refractivity contribution < 1.29 is 14.7 Å². The molecular weight excluding hydrogens is 286 g/mol. The van der Waals surface area contributed by atoms with E-state index >= 15 is 0 Å². The predicted molar refractivity (Wildman–Crippen MR) is 81.4 cm³/mol. The summed E-state index contributed by atoms with van der Waals surface area (Å²) in [5, 5.41) is 11.1. The standard InChI is InChI=1S/C16H15NO3S/c18-15(17-9-4-7-13(17)16(19)20)14-12(8-10-21-14)11-5-2-1-3-6-11/h1-3,5-6,8,10,13H,4,7,9H2,(H,19,20)/t13-/m0/s1. The highest BCUT2D eigenvalue weighted by molar-refractivity contribution is 7.12. The van der Waals surface area contributed by atoms with E-state index in [1.54, 1.807) is 0 Å². The van der Waals surface area contributed by atoms with Crippen molar-refractivity contribution in [1.82, 2.24) is 4.90 Å². The van der Waals surface area contributed by atoms with Gasteiger partial charge in [-0.05, 0) is 29.9 Å². The normalized spacial score (nSPS) is 17.9. The fourth-order valence-electron chi connectivity index (χ4n) is 2.72. The molecule has 1 N–H and O–H groups in total. The number of nitrogens with zero attached hydrogens (tertiary/aromatic N) is 1. The molecule has 3 rings (SSSR count). The SMILES string of the molecule is O=C(O)[C@@H]1CCCN1C(=O)c1sccc1-c1ccccc1. The van der Waals surface area contributed by atoms with Crippen molar-refractivity contribution in [3.05, 3.63) is 46.7 Å². The molecule has 1 amide bonds. The quantitative estimate of drug-likeness (QED) is 0.947. The number of carbonyl (C=O) groups excluding carboxylic acids is 1. The molecule has 1 fully saturated rings. The van der Waals surface area contributed by atoms with Gasteiger partial charge in [-0.15, -0.1) is 11.3 Å². The van der Waals surface area contributed by atoms with Gasteiger partial charge in [0.2, 0.25) is 0 Å². The number of benzene rings is 1. The molecule has 1 saturated heterocycles. The number of rotatable bonds is 3. The van der Waals surface area contributed by atoms with Crippen LogP contribution in [0.2, 0.25) is 0 Å². The van der Waals surface area contributed by atoms with Crippen molar-refractivity contribution in [2.24, 2.45) is 0 Å². The molecule has 0 unspecified atom stereocenters. The molecule has 2 heterocycles. The first-order valence-corrected chi connectivity index (χ1v) is 7.73. The van der Waals surface area contributed by atoms with Crippen LogP contribution >= 0.6 is 11.3 Å². The Hall–Kier alpha value is -2.14. The van der Waals surface area contributed by atoms with E-state index in [0.29, 0.717) is 17.8 Å². The highest BCUT2D eigenvalue weighted by atomic mass is 32.1. The highest BCUT2D eigenvalue weighted by Gasteiger charge is 2.35. The Morgan fingerprint density at radius 1 is 1.19 bits per heavy atom. The van der Waals surface area contributed by atoms with Crippen molar-refractivity contribution in [3.63, 3.8) is 0 Å². The van der Waals surface area contributed by atoms with Gasteiger partial charge < -0.3 is 10.0 Å². The van der Waals surface area contributed by atoms with E-state index in [9.17, 15) is 14.7 Å². The lowest BCUT2D eigenvalue weighted by atomic mass is 10.1. The molecule has 1 atom stereocenters. The van der Waals surface area contributed by atoms with Gasteiger partial charge in [-0.3, -0.25) is 4.79 Å². The zero-order valence-electron chi connectivity index (χ0n) is 11.4. The maximum Gasteiger partial charge on any atom is 0.326 e. The Balaban J connectivity index is 1.93. The Morgan fingerprint density at radius 2 is 1.95 bits per heavy atom. The Morgan fingerprint density at radius 3 is 2.67 bits per heavy atom. The van der Waals surface area contributed by atoms with Gasteiger partial charge >= 0.3 is 5.97 Å². The second-order valence-corrected chi connectivity index (χ2v) is 5.94. The smallest absolute Gasteiger partial charge is 0.326 e. The minimum Gasteiger partial charge on any atom is -0.480 e. The van der Waals surface area contributed by atoms with Crippen LogP contribution in [0, 0.1) is 0 Å². The lowest BCUT2D eigenvalue weighted by Crippen LogP contribution is -2.40. The molecule has 2 aromatic rings. The van der Waals surface area contributed by atoms with Gasteiger partial charge in [0.25, 0.3) is 5.91 Å². The predicted octanol–water partition coefficient (Wildman–Crippen LogP) is 3.10. The van der Waals surface area contributed by atoms with Crippen molar-refractivity contribution in [2.45, 2.75) is 18.9 Å². The van der Waals surface area contributed by atoms with Crippen LogP contribution in [0.25, 0.3) is 11.1 Å². The lowest BCUT2D eigenvalue weighted by Gasteiger charge is -2.21. The van der Waals surface area contributed by atoms with E-state index in [1.165, 1.54) is 16.2 Å². The first-order valence-electron chi connectivity index (χ1n) is 6.85. The number of aliphatic carboxylic acids is 1. The summed E-state index contributed by atoms with van der Waals surface area (Å²) in [6.45, 7) is 0.516. The number of hydrogen-bond acceptors (Lipinski definition) is 3. The third-order valence-electron chi connectivity index (χ3n) is 3.74. The third kappa shape index (κ3) is 2.56. The highest BCUT2D eigenvalue weighted by Crippen LogP contribution is 2.31. The van der Waals surface area contributed by atoms with Crippen molar-refractivity contribution >= 4 is 23.2 Å². The largest absolute Gasteiger partial charge is 0.480 e. The molecule has 0 bridgehead atoms. The summed E-state index contributed by atoms with van der Waals surface area (Å²) in [6.07, 6.45) is 1.28. The zero-order chi connectivity index (χ0) is 14.8. The number of hydrogen-bond donors (Lipinski definition) is 1. The summed E-state index contributed by atoms with van der Waals surface area (Å²) >= 11 is 1.37. The molecule has 1 aromatic heterocycles. The fourth-order valence-corrected chi connectivity index (χ4v) is 3.59. The molecule has 5 heteroatoms. The van der Waals surface area contributed by atoms with Crippen molar-refractivity contribution in [2.75, 3.05) is 6.54 Å². The Bertz CT molecular complexity index is 665. The average molecular weight is 301 g/mol. The summed E-state index contributed by atoms with van der Waals surface area (Å²) in [4.78, 5) is 26.0. The van der Waals surface area contributed by atoms with Crippen LogP contribution in [0.4, 0.5) is 0 Å². The first-order chi connectivity index (χ1) is 10.2. The number of carboxylic acid groups (broad SMARTS) is 1. The topological polar surface area (TPSA) is 57.6 Å². The van der Waals surface area contributed by atoms with Crippen LogP contribution in [-0.4, -0.2) is 34.5 Å². The van der Waals surface area contributed by atoms with Crippen molar-refractivity contribution in [3.8, 4) is 11.1 Å². The molecule has 108 valence electrons. The number of carbonyl (C=O) groups is 2. The number of likely N-dealkylation sites (tertiary alicyclic amines) is 1. The minimum absolute atomic E-state index is 0.172. The van der Waals surface area contributed by atoms with Gasteiger partial charge in [0.1, 0.15) is 6.04 Å². The molecule has 0 aliphatic carbocycles. The maximum atomic E-state index is 12.7. The summed E-state index contributed by atoms with van der Waals surface area (Å²) in [5.74, 6) is -1.09. The van der Waals surface area contributed by atoms with E-state index in [0.717, 1.165) is 17.5 Å². The van der Waals surface area contributed by atoms with Gasteiger partial charge in [-0.25, -0.2) is 4.79 Å². The second-order valence-electron chi connectivity index (χ2n) is 5.02. The fraction of sp³-hybridized carbons (Fsp3) is 0.250. The van der Waals surface area contributed by atoms with Crippen LogP contribution in [0.15, 0.2) is 41.8 Å². The Kier molecular flexibility index (Phi) is 3.75. The van der Waals surface area contributed by atoms with Crippen LogP contribution in [-0.2, 0) is 4.79 Å². The van der Waals surface area contributed by atoms with E-state index < -0.39 is 12.0 Å². The van der Waals surface area contributed by atoms with Crippen LogP contribution in [0.3, 0.4) is 0 Å². The minimum atomic E-state index is -0.918. The molecule has 4 nitrogen and oxygen atoms in total. The van der Waals surface area contributed by atoms with E-state index in [2.05, 4.69) is 0 Å². The number of amides is 1. The molecule has 1 aromatic carbocycles. The molecule has 0 spiro atoms. The number of carboxylic acids is 1. The third-order valence-corrected chi connectivity index (χ3v) is 4.65. The molecular formula is C16H15NO3S. The summed E-state index contributed by atoms with van der Waals surface area (Å²) in [7, 11) is 0. The Labute approximate surface area is 126 Å². The van der Waals surface area contributed by atoms with E-state index in [-0.39, 0.29) is 5.91 Å². The van der Waals surface area contributed by atoms with E-state index in [1.807, 2.05) is 41.8 Å².